The van der Waals surface area contributed by atoms with E-state index < -0.39 is 0 Å². The van der Waals surface area contributed by atoms with Crippen molar-refractivity contribution in [1.29, 1.82) is 0 Å². The summed E-state index contributed by atoms with van der Waals surface area (Å²) in [6.07, 6.45) is 2.01. The van der Waals surface area contributed by atoms with Crippen molar-refractivity contribution in [3.8, 4) is 0 Å². The van der Waals surface area contributed by atoms with Gasteiger partial charge in [-0.25, -0.2) is 0 Å². The first kappa shape index (κ1) is 4.73. The first-order valence-electron chi connectivity index (χ1n) is 2.99. The highest BCUT2D eigenvalue weighted by Gasteiger charge is 2.49. The molecule has 1 N–H and O–H groups in total. The van der Waals surface area contributed by atoms with Crippen LogP contribution < -0.4 is 5.32 Å². The van der Waals surface area contributed by atoms with Gasteiger partial charge >= 0.3 is 0 Å². The van der Waals surface area contributed by atoms with Crippen LogP contribution >= 0.6 is 0 Å². The van der Waals surface area contributed by atoms with Crippen LogP contribution in [0.4, 0.5) is 0 Å². The molecule has 0 atom stereocenters. The highest BCUT2D eigenvalue weighted by Crippen LogP contribution is 2.37. The molecule has 2 heterocycles. The minimum atomic E-state index is -0.134. The number of piperidine rings is 1. The number of nitrogens with one attached hydrogen (secondary N) is 1. The van der Waals surface area contributed by atoms with Gasteiger partial charge in [-0.1, -0.05) is 0 Å². The Morgan fingerprint density at radius 2 is 1.75 bits per heavy atom. The van der Waals surface area contributed by atoms with Gasteiger partial charge in [-0.3, -0.25) is 0 Å². The summed E-state index contributed by atoms with van der Waals surface area (Å²) < 4.78 is 0. The maximum atomic E-state index is 4.80. The molecule has 3 nitrogen and oxygen atoms in total. The molecule has 2 saturated heterocycles. The largest absolute Gasteiger partial charge is 0.316 e. The van der Waals surface area contributed by atoms with Crippen molar-refractivity contribution >= 4 is 0 Å². The van der Waals surface area contributed by atoms with Crippen LogP contribution in [-0.4, -0.2) is 18.9 Å². The lowest BCUT2D eigenvalue weighted by Crippen LogP contribution is -2.32. The summed E-state index contributed by atoms with van der Waals surface area (Å²) in [4.78, 5) is 9.59. The van der Waals surface area contributed by atoms with Gasteiger partial charge in [-0.2, -0.15) is 9.78 Å². The quantitative estimate of drug-likeness (QED) is 0.357. The maximum Gasteiger partial charge on any atom is 0.236 e. The van der Waals surface area contributed by atoms with Gasteiger partial charge in [-0.15, -0.1) is 0 Å². The fraction of sp³-hybridized carbons (Fsp3) is 1.00. The Labute approximate surface area is 47.9 Å². The van der Waals surface area contributed by atoms with Crippen LogP contribution in [0.3, 0.4) is 0 Å². The van der Waals surface area contributed by atoms with Gasteiger partial charge in [0.1, 0.15) is 0 Å². The van der Waals surface area contributed by atoms with E-state index in [9.17, 15) is 0 Å². The molecule has 0 unspecified atom stereocenters. The average Bonchev–Trinajstić information content (AvgIpc) is 2.52. The number of hydrogen-bond acceptors (Lipinski definition) is 3. The second-order valence-corrected chi connectivity index (χ2v) is 2.33. The van der Waals surface area contributed by atoms with E-state index in [1.54, 1.807) is 0 Å². The Kier molecular flexibility index (Phi) is 0.848. The maximum absolute atomic E-state index is 4.80. The lowest BCUT2D eigenvalue weighted by molar-refractivity contribution is 0.0850. The molecule has 2 fully saturated rings. The van der Waals surface area contributed by atoms with E-state index >= 15 is 0 Å². The standard InChI is InChI=1S/C5H9NO2/c1-3-6-4-2-5(1)7-8-5/h6H,1-4H2. The summed E-state index contributed by atoms with van der Waals surface area (Å²) in [6.45, 7) is 2.06. The first-order chi connectivity index (χ1) is 3.91. The summed E-state index contributed by atoms with van der Waals surface area (Å²) in [7, 11) is 0. The molecule has 0 amide bonds. The zero-order valence-corrected chi connectivity index (χ0v) is 4.64. The van der Waals surface area contributed by atoms with Gasteiger partial charge in [0, 0.05) is 25.9 Å². The Hall–Kier alpha value is -0.120. The van der Waals surface area contributed by atoms with E-state index in [2.05, 4.69) is 5.32 Å². The fourth-order valence-electron chi connectivity index (χ4n) is 1.03. The van der Waals surface area contributed by atoms with E-state index in [0.717, 1.165) is 25.9 Å². The van der Waals surface area contributed by atoms with Crippen molar-refractivity contribution in [2.45, 2.75) is 18.6 Å². The molecular weight excluding hydrogens is 106 g/mol. The predicted octanol–water partition coefficient (Wildman–Crippen LogP) is 0.0279. The smallest absolute Gasteiger partial charge is 0.236 e. The highest BCUT2D eigenvalue weighted by atomic mass is 17.4. The lowest BCUT2D eigenvalue weighted by Gasteiger charge is -2.13. The molecule has 46 valence electrons. The number of hydrogen-bond donors (Lipinski definition) is 1. The van der Waals surface area contributed by atoms with Gasteiger partial charge in [0.25, 0.3) is 0 Å². The number of rotatable bonds is 0. The first-order valence-corrected chi connectivity index (χ1v) is 2.99. The van der Waals surface area contributed by atoms with Gasteiger partial charge < -0.3 is 5.32 Å². The van der Waals surface area contributed by atoms with E-state index in [1.165, 1.54) is 0 Å². The third-order valence-electron chi connectivity index (χ3n) is 1.68. The molecule has 2 aliphatic heterocycles. The monoisotopic (exact) mass is 115 g/mol. The third-order valence-corrected chi connectivity index (χ3v) is 1.68. The van der Waals surface area contributed by atoms with Crippen LogP contribution in [0.2, 0.25) is 0 Å². The van der Waals surface area contributed by atoms with Crippen molar-refractivity contribution in [1.82, 2.24) is 5.32 Å². The minimum Gasteiger partial charge on any atom is -0.316 e. The molecule has 0 aliphatic carbocycles. The molecule has 2 aliphatic rings. The Bertz CT molecular complexity index is 92.6. The molecule has 0 aromatic heterocycles. The fourth-order valence-corrected chi connectivity index (χ4v) is 1.03. The van der Waals surface area contributed by atoms with E-state index in [0.29, 0.717) is 0 Å². The van der Waals surface area contributed by atoms with Crippen molar-refractivity contribution in [2.24, 2.45) is 0 Å². The van der Waals surface area contributed by atoms with Gasteiger partial charge in [-0.05, 0) is 0 Å². The molecule has 1 spiro atoms. The summed E-state index contributed by atoms with van der Waals surface area (Å²) >= 11 is 0. The molecule has 0 aromatic carbocycles. The summed E-state index contributed by atoms with van der Waals surface area (Å²) in [5, 5.41) is 3.22. The van der Waals surface area contributed by atoms with Crippen molar-refractivity contribution in [3.05, 3.63) is 0 Å². The molecule has 0 radical (unpaired) electrons. The van der Waals surface area contributed by atoms with Crippen LogP contribution in [0, 0.1) is 0 Å². The van der Waals surface area contributed by atoms with E-state index in [1.807, 2.05) is 0 Å². The van der Waals surface area contributed by atoms with Gasteiger partial charge in [0.2, 0.25) is 5.79 Å². The molecule has 3 heteroatoms. The summed E-state index contributed by atoms with van der Waals surface area (Å²) in [5.41, 5.74) is 0. The molecular formula is C5H9NO2. The van der Waals surface area contributed by atoms with Crippen LogP contribution in [0.15, 0.2) is 0 Å². The van der Waals surface area contributed by atoms with Crippen LogP contribution in [0.1, 0.15) is 12.8 Å². The van der Waals surface area contributed by atoms with Gasteiger partial charge in [0.15, 0.2) is 0 Å². The molecule has 8 heavy (non-hydrogen) atoms. The third kappa shape index (κ3) is 0.632. The second kappa shape index (κ2) is 1.43. The van der Waals surface area contributed by atoms with Crippen LogP contribution in [0.5, 0.6) is 0 Å². The Morgan fingerprint density at radius 1 is 1.12 bits per heavy atom. The van der Waals surface area contributed by atoms with Crippen molar-refractivity contribution in [2.75, 3.05) is 13.1 Å². The minimum absolute atomic E-state index is 0.134. The summed E-state index contributed by atoms with van der Waals surface area (Å²) in [6, 6.07) is 0. The average molecular weight is 115 g/mol. The lowest BCUT2D eigenvalue weighted by atomic mass is 10.1. The van der Waals surface area contributed by atoms with Crippen LogP contribution in [0.25, 0.3) is 0 Å². The summed E-state index contributed by atoms with van der Waals surface area (Å²) in [5.74, 6) is -0.134. The molecule has 0 bridgehead atoms. The topological polar surface area (TPSA) is 37.1 Å². The highest BCUT2D eigenvalue weighted by molar-refractivity contribution is 4.80. The van der Waals surface area contributed by atoms with Crippen molar-refractivity contribution < 1.29 is 9.78 Å². The molecule has 0 saturated carbocycles. The zero-order chi connectivity index (χ0) is 5.45. The van der Waals surface area contributed by atoms with Crippen molar-refractivity contribution in [3.63, 3.8) is 0 Å². The normalized spacial score (nSPS) is 33.0. The van der Waals surface area contributed by atoms with E-state index in [-0.39, 0.29) is 5.79 Å². The molecule has 0 aromatic rings. The molecule has 2 rings (SSSR count). The van der Waals surface area contributed by atoms with E-state index in [4.69, 9.17) is 9.78 Å². The second-order valence-electron chi connectivity index (χ2n) is 2.33. The Morgan fingerprint density at radius 3 is 2.12 bits per heavy atom. The predicted molar refractivity (Wildman–Crippen MR) is 27.0 cm³/mol. The van der Waals surface area contributed by atoms with Gasteiger partial charge in [0.05, 0.1) is 0 Å². The zero-order valence-electron chi connectivity index (χ0n) is 4.64. The van der Waals surface area contributed by atoms with Crippen LogP contribution in [-0.2, 0) is 9.78 Å². The SMILES string of the molecule is C1CC2(CCN1)OO2. The Balaban J connectivity index is 1.95.